The largest absolute Gasteiger partial charge is 0.465 e. The van der Waals surface area contributed by atoms with E-state index in [2.05, 4.69) is 0 Å². The molecule has 2 rings (SSSR count). The average molecular weight is 253 g/mol. The molecule has 0 spiro atoms. The molecule has 1 aliphatic carbocycles. The summed E-state index contributed by atoms with van der Waals surface area (Å²) in [5.41, 5.74) is 1.42. The van der Waals surface area contributed by atoms with Gasteiger partial charge in [-0.1, -0.05) is 24.6 Å². The third-order valence-corrected chi connectivity index (χ3v) is 3.05. The van der Waals surface area contributed by atoms with Crippen molar-refractivity contribution < 1.29 is 14.3 Å². The lowest BCUT2D eigenvalue weighted by atomic mass is 10.1. The van der Waals surface area contributed by atoms with E-state index >= 15 is 0 Å². The van der Waals surface area contributed by atoms with E-state index in [0.717, 1.165) is 12.0 Å². The average Bonchev–Trinajstić information content (AvgIpc) is 2.64. The van der Waals surface area contributed by atoms with Crippen molar-refractivity contribution >= 4 is 23.4 Å². The van der Waals surface area contributed by atoms with Gasteiger partial charge in [0.15, 0.2) is 5.78 Å². The van der Waals surface area contributed by atoms with Crippen LogP contribution in [0.1, 0.15) is 29.3 Å². The summed E-state index contributed by atoms with van der Waals surface area (Å²) in [6.45, 7) is 2.28. The number of carbonyl (C=O) groups excluding carboxylic acids is 2. The quantitative estimate of drug-likeness (QED) is 0.614. The van der Waals surface area contributed by atoms with Gasteiger partial charge < -0.3 is 4.74 Å². The lowest BCUT2D eigenvalue weighted by Gasteiger charge is -2.07. The van der Waals surface area contributed by atoms with Crippen molar-refractivity contribution in [2.24, 2.45) is 5.92 Å². The molecule has 17 heavy (non-hydrogen) atoms. The van der Waals surface area contributed by atoms with E-state index in [0.29, 0.717) is 23.6 Å². The van der Waals surface area contributed by atoms with Crippen LogP contribution in [0.15, 0.2) is 18.2 Å². The molecule has 0 bridgehead atoms. The molecule has 1 aliphatic rings. The molecule has 0 saturated carbocycles. The smallest absolute Gasteiger partial charge is 0.317 e. The highest BCUT2D eigenvalue weighted by molar-refractivity contribution is 6.31. The van der Waals surface area contributed by atoms with Gasteiger partial charge in [-0.15, -0.1) is 0 Å². The standard InChI is InChI=1S/C13H13ClO3/c1-2-5-17-13(16)11-6-8-3-4-9(14)7-10(8)12(11)15/h3-4,7,11H,2,5-6H2,1H3. The Labute approximate surface area is 105 Å². The number of Topliss-reactive ketones (excluding diaryl/α,β-unsaturated/α-hetero) is 1. The molecule has 3 nitrogen and oxygen atoms in total. The summed E-state index contributed by atoms with van der Waals surface area (Å²) in [4.78, 5) is 23.7. The van der Waals surface area contributed by atoms with Gasteiger partial charge in [-0.25, -0.2) is 0 Å². The first-order chi connectivity index (χ1) is 8.13. The van der Waals surface area contributed by atoms with Crippen LogP contribution in [0.5, 0.6) is 0 Å². The molecule has 0 aliphatic heterocycles. The number of carbonyl (C=O) groups is 2. The van der Waals surface area contributed by atoms with Crippen LogP contribution in [0.2, 0.25) is 5.02 Å². The fourth-order valence-electron chi connectivity index (χ4n) is 1.95. The summed E-state index contributed by atoms with van der Waals surface area (Å²) in [6, 6.07) is 5.14. The molecule has 0 N–H and O–H groups in total. The fourth-order valence-corrected chi connectivity index (χ4v) is 2.12. The van der Waals surface area contributed by atoms with Crippen LogP contribution in [0.25, 0.3) is 0 Å². The van der Waals surface area contributed by atoms with Crippen molar-refractivity contribution in [1.82, 2.24) is 0 Å². The second-order valence-electron chi connectivity index (χ2n) is 4.09. The summed E-state index contributed by atoms with van der Waals surface area (Å²) in [7, 11) is 0. The number of ketones is 1. The van der Waals surface area contributed by atoms with Crippen molar-refractivity contribution in [2.75, 3.05) is 6.61 Å². The van der Waals surface area contributed by atoms with Crippen molar-refractivity contribution in [2.45, 2.75) is 19.8 Å². The maximum absolute atomic E-state index is 12.0. The van der Waals surface area contributed by atoms with Gasteiger partial charge in [0, 0.05) is 10.6 Å². The lowest BCUT2D eigenvalue weighted by Crippen LogP contribution is -2.23. The summed E-state index contributed by atoms with van der Waals surface area (Å²) in [6.07, 6.45) is 1.18. The molecule has 0 heterocycles. The van der Waals surface area contributed by atoms with E-state index in [1.165, 1.54) is 0 Å². The predicted molar refractivity (Wildman–Crippen MR) is 64.2 cm³/mol. The minimum atomic E-state index is -0.685. The van der Waals surface area contributed by atoms with Crippen LogP contribution in [0.3, 0.4) is 0 Å². The van der Waals surface area contributed by atoms with Crippen LogP contribution < -0.4 is 0 Å². The minimum Gasteiger partial charge on any atom is -0.465 e. The predicted octanol–water partition coefficient (Wildman–Crippen LogP) is 2.65. The summed E-state index contributed by atoms with van der Waals surface area (Å²) in [5.74, 6) is -1.29. The van der Waals surface area contributed by atoms with Crippen LogP contribution in [-0.4, -0.2) is 18.4 Å². The normalized spacial score (nSPS) is 18.0. The highest BCUT2D eigenvalue weighted by Crippen LogP contribution is 2.29. The molecule has 0 radical (unpaired) electrons. The molecule has 4 heteroatoms. The number of hydrogen-bond acceptors (Lipinski definition) is 3. The number of hydrogen-bond donors (Lipinski definition) is 0. The van der Waals surface area contributed by atoms with Gasteiger partial charge in [0.25, 0.3) is 0 Å². The first-order valence-electron chi connectivity index (χ1n) is 5.62. The zero-order valence-corrected chi connectivity index (χ0v) is 10.3. The van der Waals surface area contributed by atoms with E-state index in [-0.39, 0.29) is 5.78 Å². The Morgan fingerprint density at radius 3 is 3.00 bits per heavy atom. The third kappa shape index (κ3) is 2.34. The zero-order chi connectivity index (χ0) is 12.4. The van der Waals surface area contributed by atoms with Gasteiger partial charge >= 0.3 is 5.97 Å². The van der Waals surface area contributed by atoms with E-state index in [1.807, 2.05) is 6.92 Å². The minimum absolute atomic E-state index is 0.177. The van der Waals surface area contributed by atoms with Crippen molar-refractivity contribution in [3.8, 4) is 0 Å². The van der Waals surface area contributed by atoms with Crippen molar-refractivity contribution in [3.63, 3.8) is 0 Å². The van der Waals surface area contributed by atoms with Gasteiger partial charge in [-0.2, -0.15) is 0 Å². The zero-order valence-electron chi connectivity index (χ0n) is 9.53. The maximum atomic E-state index is 12.0. The van der Waals surface area contributed by atoms with Gasteiger partial charge in [-0.3, -0.25) is 9.59 Å². The van der Waals surface area contributed by atoms with E-state index in [1.54, 1.807) is 18.2 Å². The van der Waals surface area contributed by atoms with Crippen LogP contribution in [0.4, 0.5) is 0 Å². The van der Waals surface area contributed by atoms with Gasteiger partial charge in [0.1, 0.15) is 5.92 Å². The number of fused-ring (bicyclic) bond motifs is 1. The Bertz CT molecular complexity index is 468. The summed E-state index contributed by atoms with van der Waals surface area (Å²) in [5, 5.41) is 0.514. The number of esters is 1. The van der Waals surface area contributed by atoms with Gasteiger partial charge in [-0.05, 0) is 30.5 Å². The molecule has 1 aromatic rings. The molecule has 90 valence electrons. The lowest BCUT2D eigenvalue weighted by molar-refractivity contribution is -0.146. The fraction of sp³-hybridized carbons (Fsp3) is 0.385. The Balaban J connectivity index is 2.17. The monoisotopic (exact) mass is 252 g/mol. The second-order valence-corrected chi connectivity index (χ2v) is 4.53. The van der Waals surface area contributed by atoms with E-state index in [9.17, 15) is 9.59 Å². The molecule has 1 aromatic carbocycles. The van der Waals surface area contributed by atoms with E-state index in [4.69, 9.17) is 16.3 Å². The number of rotatable bonds is 3. The van der Waals surface area contributed by atoms with Crippen molar-refractivity contribution in [1.29, 1.82) is 0 Å². The van der Waals surface area contributed by atoms with Gasteiger partial charge in [0.05, 0.1) is 6.61 Å². The van der Waals surface area contributed by atoms with Crippen LogP contribution in [-0.2, 0) is 16.0 Å². The summed E-state index contributed by atoms with van der Waals surface area (Å²) >= 11 is 5.83. The molecular weight excluding hydrogens is 240 g/mol. The molecule has 0 saturated heterocycles. The molecular formula is C13H13ClO3. The number of ether oxygens (including phenoxy) is 1. The SMILES string of the molecule is CCCOC(=O)C1Cc2ccc(Cl)cc2C1=O. The summed E-state index contributed by atoms with van der Waals surface area (Å²) < 4.78 is 5.01. The molecule has 0 fully saturated rings. The molecule has 1 atom stereocenters. The number of benzene rings is 1. The Morgan fingerprint density at radius 1 is 1.53 bits per heavy atom. The first-order valence-corrected chi connectivity index (χ1v) is 6.00. The highest BCUT2D eigenvalue weighted by Gasteiger charge is 2.36. The van der Waals surface area contributed by atoms with Crippen LogP contribution in [0, 0.1) is 5.92 Å². The Hall–Kier alpha value is -1.35. The third-order valence-electron chi connectivity index (χ3n) is 2.81. The molecule has 0 amide bonds. The molecule has 0 aromatic heterocycles. The first kappa shape index (κ1) is 12.1. The maximum Gasteiger partial charge on any atom is 0.317 e. The second kappa shape index (κ2) is 4.88. The van der Waals surface area contributed by atoms with Crippen molar-refractivity contribution in [3.05, 3.63) is 34.3 Å². The molecule has 1 unspecified atom stereocenters. The van der Waals surface area contributed by atoms with Crippen LogP contribution >= 0.6 is 11.6 Å². The Morgan fingerprint density at radius 2 is 2.29 bits per heavy atom. The van der Waals surface area contributed by atoms with E-state index < -0.39 is 11.9 Å². The number of halogens is 1. The van der Waals surface area contributed by atoms with Gasteiger partial charge in [0.2, 0.25) is 0 Å². The highest BCUT2D eigenvalue weighted by atomic mass is 35.5. The Kier molecular flexibility index (Phi) is 3.48. The topological polar surface area (TPSA) is 43.4 Å².